The molecule has 1 amide bonds. The van der Waals surface area contributed by atoms with Crippen LogP contribution in [-0.2, 0) is 0 Å². The summed E-state index contributed by atoms with van der Waals surface area (Å²) in [5, 5.41) is 10.7. The molecular weight excluding hydrogens is 508 g/mol. The number of carbonyl (C=O) groups is 1. The normalized spacial score (nSPS) is 14.0. The van der Waals surface area contributed by atoms with E-state index in [1.807, 2.05) is 38.1 Å². The maximum atomic E-state index is 12.9. The van der Waals surface area contributed by atoms with E-state index < -0.39 is 0 Å². The minimum Gasteiger partial charge on any atom is -0.474 e. The fourth-order valence-electron chi connectivity index (χ4n) is 4.18. The van der Waals surface area contributed by atoms with Gasteiger partial charge in [-0.05, 0) is 58.0 Å². The van der Waals surface area contributed by atoms with Crippen LogP contribution in [0.3, 0.4) is 0 Å². The lowest BCUT2D eigenvalue weighted by Crippen LogP contribution is -2.37. The molecule has 1 aliphatic rings. The van der Waals surface area contributed by atoms with Crippen LogP contribution in [0, 0.1) is 0 Å². The van der Waals surface area contributed by atoms with Crippen LogP contribution in [0.5, 0.6) is 5.88 Å². The SMILES string of the molecule is C=CCNC(=O)c1cnc(Nc2ccc(N(N)C(C)C)c(N)c2)nc1Nc1cccc(OC2CCN(C)CC2)n1.[HH]. The number of amides is 1. The van der Waals surface area contributed by atoms with Crippen LogP contribution in [-0.4, -0.2) is 64.6 Å². The van der Waals surface area contributed by atoms with Gasteiger partial charge in [0.15, 0.2) is 0 Å². The van der Waals surface area contributed by atoms with E-state index in [1.165, 1.54) is 6.20 Å². The first-order valence-corrected chi connectivity index (χ1v) is 13.3. The fourth-order valence-corrected chi connectivity index (χ4v) is 4.18. The van der Waals surface area contributed by atoms with Gasteiger partial charge in [0.05, 0.1) is 11.4 Å². The molecule has 0 bridgehead atoms. The summed E-state index contributed by atoms with van der Waals surface area (Å²) in [6.45, 7) is 9.88. The van der Waals surface area contributed by atoms with Gasteiger partial charge in [-0.3, -0.25) is 4.79 Å². The summed E-state index contributed by atoms with van der Waals surface area (Å²) in [5.41, 5.74) is 8.38. The minimum atomic E-state index is -0.349. The quantitative estimate of drug-likeness (QED) is 0.103. The van der Waals surface area contributed by atoms with Crippen LogP contribution < -0.4 is 37.3 Å². The van der Waals surface area contributed by atoms with E-state index in [-0.39, 0.29) is 36.8 Å². The van der Waals surface area contributed by atoms with Crippen molar-refractivity contribution >= 4 is 40.6 Å². The molecule has 0 aliphatic carbocycles. The van der Waals surface area contributed by atoms with Gasteiger partial charge in [-0.15, -0.1) is 6.58 Å². The molecule has 0 saturated carbocycles. The van der Waals surface area contributed by atoms with Crippen LogP contribution in [0.1, 0.15) is 38.5 Å². The van der Waals surface area contributed by atoms with E-state index in [4.69, 9.17) is 16.3 Å². The van der Waals surface area contributed by atoms with E-state index in [0.717, 1.165) is 25.9 Å². The Bertz CT molecular complexity index is 1330. The summed E-state index contributed by atoms with van der Waals surface area (Å²) in [6, 6.07) is 11.0. The molecule has 3 heterocycles. The Morgan fingerprint density at radius 2 is 2.02 bits per heavy atom. The van der Waals surface area contributed by atoms with Gasteiger partial charge in [0.1, 0.15) is 23.3 Å². The van der Waals surface area contributed by atoms with Gasteiger partial charge in [0, 0.05) is 45.1 Å². The maximum absolute atomic E-state index is 12.9. The van der Waals surface area contributed by atoms with E-state index >= 15 is 0 Å². The van der Waals surface area contributed by atoms with Gasteiger partial charge in [-0.2, -0.15) is 9.97 Å². The Hall–Kier alpha value is -4.42. The molecule has 3 aromatic rings. The number of aromatic nitrogens is 3. The topological polar surface area (TPSA) is 160 Å². The molecule has 0 radical (unpaired) electrons. The molecule has 4 rings (SSSR count). The number of nitrogens with zero attached hydrogens (tertiary/aromatic N) is 5. The monoisotopic (exact) mass is 548 g/mol. The van der Waals surface area contributed by atoms with E-state index in [0.29, 0.717) is 35.3 Å². The van der Waals surface area contributed by atoms with Crippen LogP contribution in [0.4, 0.5) is 34.6 Å². The molecule has 1 aromatic carbocycles. The minimum absolute atomic E-state index is 0. The number of nitrogens with two attached hydrogens (primary N) is 2. The van der Waals surface area contributed by atoms with Crippen LogP contribution >= 0.6 is 0 Å². The van der Waals surface area contributed by atoms with E-state index in [9.17, 15) is 4.79 Å². The van der Waals surface area contributed by atoms with Gasteiger partial charge in [0.25, 0.3) is 5.91 Å². The number of nitrogens with one attached hydrogen (secondary N) is 3. The highest BCUT2D eigenvalue weighted by Gasteiger charge is 2.20. The molecule has 40 heavy (non-hydrogen) atoms. The second-order valence-corrected chi connectivity index (χ2v) is 9.96. The molecule has 1 aliphatic heterocycles. The van der Waals surface area contributed by atoms with Crippen LogP contribution in [0.15, 0.2) is 55.3 Å². The molecule has 12 heteroatoms. The summed E-state index contributed by atoms with van der Waals surface area (Å²) in [5.74, 6) is 7.31. The molecule has 12 nitrogen and oxygen atoms in total. The fraction of sp³-hybridized carbons (Fsp3) is 0.357. The number of hydrogen-bond acceptors (Lipinski definition) is 11. The van der Waals surface area contributed by atoms with Crippen LogP contribution in [0.2, 0.25) is 0 Å². The zero-order chi connectivity index (χ0) is 28.6. The number of piperidine rings is 1. The largest absolute Gasteiger partial charge is 0.474 e. The third-order valence-electron chi connectivity index (χ3n) is 6.48. The molecular formula is C28H40N10O2. The van der Waals surface area contributed by atoms with Crippen molar-refractivity contribution in [2.75, 3.05) is 48.1 Å². The summed E-state index contributed by atoms with van der Waals surface area (Å²) in [4.78, 5) is 28.7. The number of nitrogen functional groups attached to an aromatic ring is 1. The van der Waals surface area contributed by atoms with Gasteiger partial charge in [-0.25, -0.2) is 10.8 Å². The number of rotatable bonds is 11. The van der Waals surface area contributed by atoms with Crippen molar-refractivity contribution < 1.29 is 11.0 Å². The second kappa shape index (κ2) is 13.1. The van der Waals surface area contributed by atoms with Gasteiger partial charge in [-0.1, -0.05) is 12.1 Å². The summed E-state index contributed by atoms with van der Waals surface area (Å²) in [6.07, 6.45) is 5.04. The van der Waals surface area contributed by atoms with Crippen LogP contribution in [0.25, 0.3) is 0 Å². The summed E-state index contributed by atoms with van der Waals surface area (Å²) >= 11 is 0. The Morgan fingerprint density at radius 3 is 2.73 bits per heavy atom. The molecule has 0 unspecified atom stereocenters. The predicted molar refractivity (Wildman–Crippen MR) is 161 cm³/mol. The number of likely N-dealkylation sites (tertiary alicyclic amines) is 1. The Labute approximate surface area is 236 Å². The number of hydrazine groups is 1. The van der Waals surface area contributed by atoms with Crippen molar-refractivity contribution in [3.63, 3.8) is 0 Å². The number of ether oxygens (including phenoxy) is 1. The van der Waals surface area contributed by atoms with Crippen molar-refractivity contribution in [1.29, 1.82) is 0 Å². The average molecular weight is 549 g/mol. The number of carbonyl (C=O) groups excluding carboxylic acids is 1. The number of anilines is 6. The number of benzene rings is 1. The Morgan fingerprint density at radius 1 is 1.25 bits per heavy atom. The average Bonchev–Trinajstić information content (AvgIpc) is 2.93. The lowest BCUT2D eigenvalue weighted by molar-refractivity contribution is 0.0958. The first kappa shape index (κ1) is 28.6. The van der Waals surface area contributed by atoms with Crippen molar-refractivity contribution in [2.24, 2.45) is 5.84 Å². The van der Waals surface area contributed by atoms with Crippen molar-refractivity contribution in [1.82, 2.24) is 25.2 Å². The lowest BCUT2D eigenvalue weighted by Gasteiger charge is -2.29. The molecule has 0 spiro atoms. The first-order valence-electron chi connectivity index (χ1n) is 13.3. The summed E-state index contributed by atoms with van der Waals surface area (Å²) < 4.78 is 6.13. The standard InChI is InChI=1S/C28H38N10O2.H2/c1-5-13-31-27(39)21-17-32-28(33-19-9-10-23(22(29)16-19)38(30)18(2)3)36-26(21)35-24-7-6-8-25(34-24)40-20-11-14-37(4)15-12-20;/h5-10,16-18,20H,1,11-15,29-30H2,2-4H3,(H,31,39)(H2,32,33,34,35,36);1H. The van der Waals surface area contributed by atoms with Gasteiger partial charge < -0.3 is 36.3 Å². The van der Waals surface area contributed by atoms with Gasteiger partial charge in [0.2, 0.25) is 11.8 Å². The highest BCUT2D eigenvalue weighted by atomic mass is 16.5. The third-order valence-corrected chi connectivity index (χ3v) is 6.48. The molecule has 1 saturated heterocycles. The van der Waals surface area contributed by atoms with Crippen molar-refractivity contribution in [3.05, 3.63) is 60.8 Å². The Balaban J connectivity index is 0.00000462. The zero-order valence-electron chi connectivity index (χ0n) is 23.2. The van der Waals surface area contributed by atoms with Crippen molar-refractivity contribution in [3.8, 4) is 5.88 Å². The zero-order valence-corrected chi connectivity index (χ0v) is 23.2. The smallest absolute Gasteiger partial charge is 0.256 e. The highest BCUT2D eigenvalue weighted by Crippen LogP contribution is 2.28. The van der Waals surface area contributed by atoms with Crippen molar-refractivity contribution in [2.45, 2.75) is 38.8 Å². The number of pyridine rings is 1. The molecule has 7 N–H and O–H groups in total. The Kier molecular flexibility index (Phi) is 9.35. The maximum Gasteiger partial charge on any atom is 0.256 e. The van der Waals surface area contributed by atoms with E-state index in [1.54, 1.807) is 23.2 Å². The van der Waals surface area contributed by atoms with E-state index in [2.05, 4.69) is 49.4 Å². The third kappa shape index (κ3) is 7.36. The molecule has 2 aromatic heterocycles. The molecule has 214 valence electrons. The first-order chi connectivity index (χ1) is 19.2. The molecule has 0 atom stereocenters. The van der Waals surface area contributed by atoms with Gasteiger partial charge >= 0.3 is 0 Å². The predicted octanol–water partition coefficient (Wildman–Crippen LogP) is 3.66. The highest BCUT2D eigenvalue weighted by molar-refractivity contribution is 5.99. The lowest BCUT2D eigenvalue weighted by atomic mass is 10.1. The second-order valence-electron chi connectivity index (χ2n) is 9.96. The molecule has 1 fully saturated rings. The summed E-state index contributed by atoms with van der Waals surface area (Å²) in [7, 11) is 2.11. The number of hydrogen-bond donors (Lipinski definition) is 5.